The second-order valence-corrected chi connectivity index (χ2v) is 6.76. The van der Waals surface area contributed by atoms with E-state index < -0.39 is 0 Å². The lowest BCUT2D eigenvalue weighted by atomic mass is 10.1. The van der Waals surface area contributed by atoms with E-state index in [0.29, 0.717) is 0 Å². The van der Waals surface area contributed by atoms with Crippen molar-refractivity contribution in [1.29, 1.82) is 0 Å². The number of pyridine rings is 1. The summed E-state index contributed by atoms with van der Waals surface area (Å²) in [5.74, 6) is 0. The van der Waals surface area contributed by atoms with Crippen LogP contribution in [0.3, 0.4) is 0 Å². The third-order valence-electron chi connectivity index (χ3n) is 4.49. The Morgan fingerprint density at radius 3 is 1.57 bits per heavy atom. The van der Waals surface area contributed by atoms with Gasteiger partial charge in [-0.05, 0) is 48.2 Å². The number of para-hydroxylation sites is 2. The van der Waals surface area contributed by atoms with Gasteiger partial charge >= 0.3 is 0 Å². The molecule has 0 radical (unpaired) electrons. The zero-order chi connectivity index (χ0) is 19.6. The van der Waals surface area contributed by atoms with E-state index in [9.17, 15) is 0 Å². The molecule has 0 fully saturated rings. The third kappa shape index (κ3) is 5.46. The van der Waals surface area contributed by atoms with Gasteiger partial charge in [0, 0.05) is 0 Å². The maximum absolute atomic E-state index is 4.66. The highest BCUT2D eigenvalue weighted by molar-refractivity contribution is 5.84. The van der Waals surface area contributed by atoms with E-state index in [-0.39, 0.29) is 0 Å². The highest BCUT2D eigenvalue weighted by Crippen LogP contribution is 2.21. The first-order chi connectivity index (χ1) is 13.8. The van der Waals surface area contributed by atoms with Crippen molar-refractivity contribution in [2.45, 2.75) is 39.5 Å². The van der Waals surface area contributed by atoms with Crippen molar-refractivity contribution in [1.82, 2.24) is 4.98 Å². The zero-order valence-electron chi connectivity index (χ0n) is 16.7. The van der Waals surface area contributed by atoms with Crippen LogP contribution < -0.4 is 0 Å². The van der Waals surface area contributed by atoms with Crippen LogP contribution in [0.25, 0.3) is 0 Å². The summed E-state index contributed by atoms with van der Waals surface area (Å²) in [5, 5.41) is 0. The smallest absolute Gasteiger partial charge is 0.0820 e. The van der Waals surface area contributed by atoms with Gasteiger partial charge in [0.25, 0.3) is 0 Å². The Morgan fingerprint density at radius 1 is 0.643 bits per heavy atom. The van der Waals surface area contributed by atoms with Crippen molar-refractivity contribution >= 4 is 23.8 Å². The Hall–Kier alpha value is -3.07. The molecule has 0 saturated carbocycles. The molecule has 0 amide bonds. The average molecular weight is 370 g/mol. The number of aliphatic imine (C=N–C) groups is 2. The standard InChI is InChI=1S/C25H27N3/c1-3-10-20-12-5-7-16-24(20)26-18-22-14-9-15-23(28-22)19-27-25-17-8-6-13-21(25)11-4-2/h5-9,12-19H,3-4,10-11H2,1-2H3. The third-order valence-corrected chi connectivity index (χ3v) is 4.49. The lowest BCUT2D eigenvalue weighted by Crippen LogP contribution is -1.94. The molecule has 3 rings (SSSR count). The quantitative estimate of drug-likeness (QED) is 0.418. The molecular formula is C25H27N3. The molecule has 0 aliphatic rings. The van der Waals surface area contributed by atoms with Crippen LogP contribution in [0.2, 0.25) is 0 Å². The van der Waals surface area contributed by atoms with E-state index in [2.05, 4.69) is 65.2 Å². The molecule has 1 heterocycles. The minimum Gasteiger partial charge on any atom is -0.254 e. The van der Waals surface area contributed by atoms with Gasteiger partial charge in [-0.2, -0.15) is 0 Å². The van der Waals surface area contributed by atoms with Crippen LogP contribution in [0.15, 0.2) is 76.7 Å². The Kier molecular flexibility index (Phi) is 7.25. The first-order valence-corrected chi connectivity index (χ1v) is 10.0. The van der Waals surface area contributed by atoms with Gasteiger partial charge in [-0.3, -0.25) is 9.98 Å². The molecule has 2 aromatic carbocycles. The van der Waals surface area contributed by atoms with Gasteiger partial charge in [0.1, 0.15) is 0 Å². The van der Waals surface area contributed by atoms with Crippen molar-refractivity contribution in [3.63, 3.8) is 0 Å². The Bertz CT molecular complexity index is 883. The van der Waals surface area contributed by atoms with E-state index in [1.165, 1.54) is 11.1 Å². The number of benzene rings is 2. The van der Waals surface area contributed by atoms with Crippen molar-refractivity contribution in [2.24, 2.45) is 9.98 Å². The molecule has 28 heavy (non-hydrogen) atoms. The number of aryl methyl sites for hydroxylation is 2. The molecule has 0 aliphatic heterocycles. The molecule has 3 aromatic rings. The molecule has 0 unspecified atom stereocenters. The molecular weight excluding hydrogens is 342 g/mol. The van der Waals surface area contributed by atoms with E-state index in [4.69, 9.17) is 0 Å². The summed E-state index contributed by atoms with van der Waals surface area (Å²) in [6.07, 6.45) is 7.94. The van der Waals surface area contributed by atoms with E-state index in [0.717, 1.165) is 48.4 Å². The largest absolute Gasteiger partial charge is 0.254 e. The maximum Gasteiger partial charge on any atom is 0.0820 e. The fraction of sp³-hybridized carbons (Fsp3) is 0.240. The highest BCUT2D eigenvalue weighted by atomic mass is 14.8. The molecule has 0 aliphatic carbocycles. The molecule has 0 spiro atoms. The van der Waals surface area contributed by atoms with Gasteiger partial charge in [0.2, 0.25) is 0 Å². The first kappa shape index (κ1) is 19.7. The summed E-state index contributed by atoms with van der Waals surface area (Å²) >= 11 is 0. The van der Waals surface area contributed by atoms with Crippen LogP contribution in [0, 0.1) is 0 Å². The predicted molar refractivity (Wildman–Crippen MR) is 120 cm³/mol. The lowest BCUT2D eigenvalue weighted by molar-refractivity contribution is 0.922. The SMILES string of the molecule is CCCc1ccccc1N=Cc1cccc(C=Nc2ccccc2CCC)n1. The summed E-state index contributed by atoms with van der Waals surface area (Å²) in [7, 11) is 0. The molecule has 0 N–H and O–H groups in total. The number of hydrogen-bond acceptors (Lipinski definition) is 3. The second kappa shape index (κ2) is 10.3. The van der Waals surface area contributed by atoms with Crippen LogP contribution in [0.4, 0.5) is 11.4 Å². The molecule has 0 bridgehead atoms. The maximum atomic E-state index is 4.66. The van der Waals surface area contributed by atoms with Crippen molar-refractivity contribution in [3.8, 4) is 0 Å². The lowest BCUT2D eigenvalue weighted by Gasteiger charge is -2.04. The Labute approximate surface area is 167 Å². The molecule has 3 heteroatoms. The predicted octanol–water partition coefficient (Wildman–Crippen LogP) is 6.49. The van der Waals surface area contributed by atoms with Crippen molar-refractivity contribution in [2.75, 3.05) is 0 Å². The minimum atomic E-state index is 0.831. The fourth-order valence-corrected chi connectivity index (χ4v) is 3.12. The van der Waals surface area contributed by atoms with Crippen LogP contribution in [0.5, 0.6) is 0 Å². The summed E-state index contributed by atoms with van der Waals surface area (Å²) < 4.78 is 0. The number of rotatable bonds is 8. The topological polar surface area (TPSA) is 37.6 Å². The molecule has 1 aromatic heterocycles. The van der Waals surface area contributed by atoms with E-state index in [1.54, 1.807) is 0 Å². The van der Waals surface area contributed by atoms with Crippen LogP contribution in [0.1, 0.15) is 49.2 Å². The number of hydrogen-bond donors (Lipinski definition) is 0. The van der Waals surface area contributed by atoms with Gasteiger partial charge in [-0.15, -0.1) is 0 Å². The molecule has 0 saturated heterocycles. The summed E-state index contributed by atoms with van der Waals surface area (Å²) in [6, 6.07) is 22.5. The normalized spacial score (nSPS) is 11.5. The number of aromatic nitrogens is 1. The van der Waals surface area contributed by atoms with Gasteiger partial charge in [0.05, 0.1) is 35.2 Å². The Morgan fingerprint density at radius 2 is 1.11 bits per heavy atom. The van der Waals surface area contributed by atoms with Gasteiger partial charge < -0.3 is 0 Å². The van der Waals surface area contributed by atoms with Crippen LogP contribution >= 0.6 is 0 Å². The van der Waals surface area contributed by atoms with Crippen molar-refractivity contribution < 1.29 is 0 Å². The second-order valence-electron chi connectivity index (χ2n) is 6.76. The fourth-order valence-electron chi connectivity index (χ4n) is 3.12. The summed E-state index contributed by atoms with van der Waals surface area (Å²) in [6.45, 7) is 4.37. The molecule has 0 atom stereocenters. The average Bonchev–Trinajstić information content (AvgIpc) is 2.73. The van der Waals surface area contributed by atoms with Gasteiger partial charge in [-0.25, -0.2) is 4.98 Å². The number of nitrogens with zero attached hydrogens (tertiary/aromatic N) is 3. The highest BCUT2D eigenvalue weighted by Gasteiger charge is 2.00. The van der Waals surface area contributed by atoms with Gasteiger partial charge in [0.15, 0.2) is 0 Å². The van der Waals surface area contributed by atoms with E-state index >= 15 is 0 Å². The first-order valence-electron chi connectivity index (χ1n) is 10.0. The molecule has 3 nitrogen and oxygen atoms in total. The summed E-state index contributed by atoms with van der Waals surface area (Å²) in [4.78, 5) is 14.0. The Balaban J connectivity index is 1.78. The van der Waals surface area contributed by atoms with Gasteiger partial charge in [-0.1, -0.05) is 69.2 Å². The van der Waals surface area contributed by atoms with Crippen molar-refractivity contribution in [3.05, 3.63) is 89.2 Å². The molecule has 142 valence electrons. The van der Waals surface area contributed by atoms with Crippen LogP contribution in [-0.4, -0.2) is 17.4 Å². The van der Waals surface area contributed by atoms with E-state index in [1.807, 2.05) is 42.8 Å². The van der Waals surface area contributed by atoms with Crippen LogP contribution in [-0.2, 0) is 12.8 Å². The monoisotopic (exact) mass is 369 g/mol. The minimum absolute atomic E-state index is 0.831. The summed E-state index contributed by atoms with van der Waals surface area (Å²) in [5.41, 5.74) is 6.23. The zero-order valence-corrected chi connectivity index (χ0v) is 16.7.